The molecule has 0 aromatic heterocycles. The molecule has 5 heteroatoms. The fourth-order valence-electron chi connectivity index (χ4n) is 0.909. The van der Waals surface area contributed by atoms with Gasteiger partial charge in [-0.2, -0.15) is 0 Å². The molecule has 5 nitrogen and oxygen atoms in total. The first kappa shape index (κ1) is 13.4. The van der Waals surface area contributed by atoms with Crippen LogP contribution in [0.1, 0.15) is 20.3 Å². The average Bonchev–Trinajstić information content (AvgIpc) is 2.01. The Balaban J connectivity index is 3.23. The van der Waals surface area contributed by atoms with Gasteiger partial charge in [0, 0.05) is 13.1 Å². The third kappa shape index (κ3) is 9.44. The Morgan fingerprint density at radius 1 is 1.50 bits per heavy atom. The van der Waals surface area contributed by atoms with E-state index in [-0.39, 0.29) is 19.1 Å². The van der Waals surface area contributed by atoms with Crippen LogP contribution in [0.4, 0.5) is 0 Å². The Bertz CT molecular complexity index is 161. The summed E-state index contributed by atoms with van der Waals surface area (Å²) in [5.74, 6) is -0.988. The summed E-state index contributed by atoms with van der Waals surface area (Å²) < 4.78 is 5.24. The minimum Gasteiger partial charge on any atom is -0.481 e. The maximum atomic E-state index is 10.2. The van der Waals surface area contributed by atoms with Crippen molar-refractivity contribution in [3.8, 4) is 0 Å². The summed E-state index contributed by atoms with van der Waals surface area (Å²) in [5, 5.41) is 20.4. The van der Waals surface area contributed by atoms with Crippen molar-refractivity contribution in [2.24, 2.45) is 0 Å². The Kier molecular flexibility index (Phi) is 7.37. The zero-order valence-corrected chi connectivity index (χ0v) is 8.69. The van der Waals surface area contributed by atoms with Crippen molar-refractivity contribution in [3.05, 3.63) is 0 Å². The van der Waals surface area contributed by atoms with E-state index in [0.717, 1.165) is 0 Å². The third-order valence-corrected chi connectivity index (χ3v) is 1.52. The maximum Gasteiger partial charge on any atom is 0.306 e. The number of rotatable bonds is 8. The zero-order chi connectivity index (χ0) is 11.0. The average molecular weight is 205 g/mol. The lowest BCUT2D eigenvalue weighted by atomic mass is 10.2. The number of carboxylic acids is 1. The van der Waals surface area contributed by atoms with Crippen LogP contribution in [0, 0.1) is 0 Å². The molecule has 0 spiro atoms. The van der Waals surface area contributed by atoms with Gasteiger partial charge < -0.3 is 20.3 Å². The number of aliphatic hydroxyl groups is 1. The smallest absolute Gasteiger partial charge is 0.306 e. The van der Waals surface area contributed by atoms with E-state index in [1.807, 2.05) is 13.8 Å². The minimum atomic E-state index is -0.988. The first-order chi connectivity index (χ1) is 6.52. The highest BCUT2D eigenvalue weighted by atomic mass is 16.5. The Morgan fingerprint density at radius 2 is 2.14 bits per heavy atom. The van der Waals surface area contributed by atoms with E-state index in [1.165, 1.54) is 0 Å². The molecule has 1 atom stereocenters. The van der Waals surface area contributed by atoms with Gasteiger partial charge in [0.25, 0.3) is 0 Å². The standard InChI is InChI=1S/C9H19NO4/c1-7(2)14-4-3-10-6-8(11)5-9(12)13/h7-8,10-11H,3-6H2,1-2H3,(H,12,13). The number of aliphatic carboxylic acids is 1. The lowest BCUT2D eigenvalue weighted by molar-refractivity contribution is -0.139. The normalized spacial score (nSPS) is 13.1. The van der Waals surface area contributed by atoms with Crippen molar-refractivity contribution >= 4 is 5.97 Å². The van der Waals surface area contributed by atoms with Crippen LogP contribution in [0.5, 0.6) is 0 Å². The highest BCUT2D eigenvalue weighted by Gasteiger charge is 2.07. The van der Waals surface area contributed by atoms with E-state index >= 15 is 0 Å². The SMILES string of the molecule is CC(C)OCCNCC(O)CC(=O)O. The number of nitrogens with one attached hydrogen (secondary N) is 1. The molecule has 0 rings (SSSR count). The number of carboxylic acid groups (broad SMARTS) is 1. The van der Waals surface area contributed by atoms with Crippen molar-refractivity contribution in [3.63, 3.8) is 0 Å². The first-order valence-electron chi connectivity index (χ1n) is 4.74. The molecular weight excluding hydrogens is 186 g/mol. The predicted octanol–water partition coefficient (Wildman–Crippen LogP) is -0.163. The lowest BCUT2D eigenvalue weighted by Gasteiger charge is -2.11. The second-order valence-corrected chi connectivity index (χ2v) is 3.38. The third-order valence-electron chi connectivity index (χ3n) is 1.52. The van der Waals surface area contributed by atoms with Gasteiger partial charge in [-0.1, -0.05) is 0 Å². The Hall–Kier alpha value is -0.650. The molecule has 0 saturated carbocycles. The first-order valence-corrected chi connectivity index (χ1v) is 4.74. The fraction of sp³-hybridized carbons (Fsp3) is 0.889. The van der Waals surface area contributed by atoms with Crippen LogP contribution >= 0.6 is 0 Å². The van der Waals surface area contributed by atoms with Crippen molar-refractivity contribution in [1.82, 2.24) is 5.32 Å². The van der Waals surface area contributed by atoms with Gasteiger partial charge in [0.15, 0.2) is 0 Å². The second kappa shape index (κ2) is 7.73. The molecular formula is C9H19NO4. The summed E-state index contributed by atoms with van der Waals surface area (Å²) >= 11 is 0. The van der Waals surface area contributed by atoms with Crippen molar-refractivity contribution in [2.45, 2.75) is 32.5 Å². The number of hydrogen-bond acceptors (Lipinski definition) is 4. The van der Waals surface area contributed by atoms with Crippen LogP contribution in [0.2, 0.25) is 0 Å². The molecule has 0 heterocycles. The molecule has 0 radical (unpaired) electrons. The molecule has 0 aromatic rings. The summed E-state index contributed by atoms with van der Waals surface area (Å²) in [6.07, 6.45) is -0.856. The molecule has 0 fully saturated rings. The molecule has 0 aliphatic carbocycles. The van der Waals surface area contributed by atoms with E-state index < -0.39 is 12.1 Å². The van der Waals surface area contributed by atoms with E-state index in [9.17, 15) is 4.79 Å². The molecule has 1 unspecified atom stereocenters. The van der Waals surface area contributed by atoms with Crippen LogP contribution in [0.15, 0.2) is 0 Å². The van der Waals surface area contributed by atoms with E-state index in [2.05, 4.69) is 5.32 Å². The lowest BCUT2D eigenvalue weighted by Crippen LogP contribution is -2.31. The van der Waals surface area contributed by atoms with E-state index in [4.69, 9.17) is 14.9 Å². The quantitative estimate of drug-likeness (QED) is 0.480. The van der Waals surface area contributed by atoms with Gasteiger partial charge in [0.05, 0.1) is 25.2 Å². The molecule has 84 valence electrons. The molecule has 0 saturated heterocycles. The minimum absolute atomic E-state index is 0.195. The maximum absolute atomic E-state index is 10.2. The number of hydrogen-bond donors (Lipinski definition) is 3. The number of ether oxygens (including phenoxy) is 1. The number of aliphatic hydroxyl groups excluding tert-OH is 1. The summed E-state index contributed by atoms with van der Waals surface area (Å²) in [6, 6.07) is 0. The molecule has 0 aliphatic heterocycles. The molecule has 3 N–H and O–H groups in total. The predicted molar refractivity (Wildman–Crippen MR) is 52.2 cm³/mol. The summed E-state index contributed by atoms with van der Waals surface area (Å²) in [5.41, 5.74) is 0. The summed E-state index contributed by atoms with van der Waals surface area (Å²) in [7, 11) is 0. The highest BCUT2D eigenvalue weighted by Crippen LogP contribution is 1.89. The van der Waals surface area contributed by atoms with E-state index in [0.29, 0.717) is 13.2 Å². The van der Waals surface area contributed by atoms with Crippen LogP contribution < -0.4 is 5.32 Å². The van der Waals surface area contributed by atoms with Crippen molar-refractivity contribution in [1.29, 1.82) is 0 Å². The molecule has 14 heavy (non-hydrogen) atoms. The van der Waals surface area contributed by atoms with Crippen molar-refractivity contribution < 1.29 is 19.7 Å². The Morgan fingerprint density at radius 3 is 2.64 bits per heavy atom. The summed E-state index contributed by atoms with van der Waals surface area (Å²) in [6.45, 7) is 5.36. The monoisotopic (exact) mass is 205 g/mol. The van der Waals surface area contributed by atoms with Gasteiger partial charge in [-0.15, -0.1) is 0 Å². The van der Waals surface area contributed by atoms with Gasteiger partial charge >= 0.3 is 5.97 Å². The van der Waals surface area contributed by atoms with Gasteiger partial charge in [0.1, 0.15) is 0 Å². The molecule has 0 aliphatic rings. The summed E-state index contributed by atoms with van der Waals surface area (Å²) in [4.78, 5) is 10.2. The van der Waals surface area contributed by atoms with E-state index in [1.54, 1.807) is 0 Å². The van der Waals surface area contributed by atoms with Crippen LogP contribution in [-0.2, 0) is 9.53 Å². The Labute approximate surface area is 84.1 Å². The van der Waals surface area contributed by atoms with Crippen LogP contribution in [-0.4, -0.2) is 48.1 Å². The van der Waals surface area contributed by atoms with Gasteiger partial charge in [-0.25, -0.2) is 0 Å². The highest BCUT2D eigenvalue weighted by molar-refractivity contribution is 5.67. The largest absolute Gasteiger partial charge is 0.481 e. The molecule has 0 aromatic carbocycles. The van der Waals surface area contributed by atoms with Crippen LogP contribution in [0.3, 0.4) is 0 Å². The zero-order valence-electron chi connectivity index (χ0n) is 8.69. The molecule has 0 bridgehead atoms. The van der Waals surface area contributed by atoms with Gasteiger partial charge in [-0.05, 0) is 13.8 Å². The van der Waals surface area contributed by atoms with Gasteiger partial charge in [0.2, 0.25) is 0 Å². The number of carbonyl (C=O) groups is 1. The molecule has 0 amide bonds. The van der Waals surface area contributed by atoms with Crippen LogP contribution in [0.25, 0.3) is 0 Å². The fourth-order valence-corrected chi connectivity index (χ4v) is 0.909. The topological polar surface area (TPSA) is 78.8 Å². The van der Waals surface area contributed by atoms with Crippen molar-refractivity contribution in [2.75, 3.05) is 19.7 Å². The van der Waals surface area contributed by atoms with Gasteiger partial charge in [-0.3, -0.25) is 4.79 Å². The second-order valence-electron chi connectivity index (χ2n) is 3.38.